The molecule has 0 unspecified atom stereocenters. The molecule has 2 aromatic rings. The van der Waals surface area contributed by atoms with E-state index in [1.165, 1.54) is 0 Å². The number of pyridine rings is 1. The van der Waals surface area contributed by atoms with Gasteiger partial charge in [-0.3, -0.25) is 0 Å². The molecule has 2 rings (SSSR count). The van der Waals surface area contributed by atoms with Crippen LogP contribution >= 0.6 is 0 Å². The Balaban J connectivity index is 2.62. The molecule has 3 nitrogen and oxygen atoms in total. The lowest BCUT2D eigenvalue weighted by atomic mass is 10.1. The van der Waals surface area contributed by atoms with Gasteiger partial charge in [0.1, 0.15) is 17.6 Å². The fraction of sp³-hybridized carbons (Fsp3) is 0.143. The first-order chi connectivity index (χ1) is 9.85. The molecule has 0 saturated carbocycles. The highest BCUT2D eigenvalue weighted by atomic mass is 19.2. The summed E-state index contributed by atoms with van der Waals surface area (Å²) in [6.45, 7) is 3.22. The first-order valence-corrected chi connectivity index (χ1v) is 5.83. The van der Waals surface area contributed by atoms with Gasteiger partial charge >= 0.3 is 0 Å². The molecule has 21 heavy (non-hydrogen) atoms. The maximum absolute atomic E-state index is 13.6. The lowest BCUT2D eigenvalue weighted by molar-refractivity contribution is 0.459. The van der Waals surface area contributed by atoms with Gasteiger partial charge < -0.3 is 5.32 Å². The third-order valence-corrected chi connectivity index (χ3v) is 2.81. The molecule has 0 radical (unpaired) electrons. The third kappa shape index (κ3) is 2.65. The highest BCUT2D eigenvalue weighted by Gasteiger charge is 2.21. The van der Waals surface area contributed by atoms with Gasteiger partial charge in [0.05, 0.1) is 5.56 Å². The predicted molar refractivity (Wildman–Crippen MR) is 68.0 cm³/mol. The smallest absolute Gasteiger partial charge is 0.185 e. The SMILES string of the molecule is Cc1cc(C)c(C#N)c(Nc2c(F)c(F)cc(F)c2F)n1. The average Bonchev–Trinajstić information content (AvgIpc) is 2.41. The first kappa shape index (κ1) is 14.8. The minimum absolute atomic E-state index is 0.0315. The summed E-state index contributed by atoms with van der Waals surface area (Å²) in [4.78, 5) is 3.93. The van der Waals surface area contributed by atoms with Gasteiger partial charge in [0.15, 0.2) is 23.3 Å². The molecule has 0 atom stereocenters. The number of nitrogens with one attached hydrogen (secondary N) is 1. The molecule has 0 spiro atoms. The Hall–Kier alpha value is -2.62. The molecule has 108 valence electrons. The van der Waals surface area contributed by atoms with Crippen molar-refractivity contribution in [2.45, 2.75) is 13.8 Å². The maximum atomic E-state index is 13.6. The van der Waals surface area contributed by atoms with Gasteiger partial charge in [-0.15, -0.1) is 0 Å². The van der Waals surface area contributed by atoms with Gasteiger partial charge in [-0.05, 0) is 25.5 Å². The van der Waals surface area contributed by atoms with Crippen molar-refractivity contribution in [3.8, 4) is 6.07 Å². The van der Waals surface area contributed by atoms with Gasteiger partial charge in [0.2, 0.25) is 0 Å². The minimum atomic E-state index is -1.58. The van der Waals surface area contributed by atoms with E-state index < -0.39 is 29.0 Å². The molecule has 1 aromatic carbocycles. The molecule has 1 N–H and O–H groups in total. The zero-order valence-corrected chi connectivity index (χ0v) is 11.1. The summed E-state index contributed by atoms with van der Waals surface area (Å²) in [6.07, 6.45) is 0. The number of aryl methyl sites for hydroxylation is 2. The quantitative estimate of drug-likeness (QED) is 0.676. The Morgan fingerprint density at radius 3 is 2.14 bits per heavy atom. The van der Waals surface area contributed by atoms with Crippen molar-refractivity contribution in [1.29, 1.82) is 5.26 Å². The monoisotopic (exact) mass is 295 g/mol. The Bertz CT molecular complexity index is 740. The fourth-order valence-corrected chi connectivity index (χ4v) is 1.87. The van der Waals surface area contributed by atoms with Crippen LogP contribution in [0.1, 0.15) is 16.8 Å². The minimum Gasteiger partial charge on any atom is -0.334 e. The van der Waals surface area contributed by atoms with Crippen molar-refractivity contribution < 1.29 is 17.6 Å². The predicted octanol–water partition coefficient (Wildman–Crippen LogP) is 3.87. The topological polar surface area (TPSA) is 48.7 Å². The van der Waals surface area contributed by atoms with Crippen molar-refractivity contribution in [3.05, 3.63) is 52.2 Å². The van der Waals surface area contributed by atoms with Crippen molar-refractivity contribution in [1.82, 2.24) is 4.98 Å². The van der Waals surface area contributed by atoms with Crippen LogP contribution in [-0.4, -0.2) is 4.98 Å². The summed E-state index contributed by atoms with van der Waals surface area (Å²) >= 11 is 0. The van der Waals surface area contributed by atoms with Crippen LogP contribution in [0.4, 0.5) is 29.1 Å². The van der Waals surface area contributed by atoms with Gasteiger partial charge in [0.25, 0.3) is 0 Å². The van der Waals surface area contributed by atoms with Gasteiger partial charge in [-0.25, -0.2) is 22.5 Å². The summed E-state index contributed by atoms with van der Waals surface area (Å²) in [6, 6.07) is 3.53. The number of aromatic nitrogens is 1. The number of hydrogen-bond donors (Lipinski definition) is 1. The van der Waals surface area contributed by atoms with Crippen LogP contribution in [0.2, 0.25) is 0 Å². The van der Waals surface area contributed by atoms with E-state index in [0.29, 0.717) is 11.3 Å². The second kappa shape index (κ2) is 5.40. The van der Waals surface area contributed by atoms with Gasteiger partial charge in [0, 0.05) is 11.8 Å². The lowest BCUT2D eigenvalue weighted by Crippen LogP contribution is -2.07. The van der Waals surface area contributed by atoms with E-state index in [2.05, 4.69) is 10.3 Å². The van der Waals surface area contributed by atoms with Gasteiger partial charge in [-0.1, -0.05) is 0 Å². The normalized spacial score (nSPS) is 10.3. The third-order valence-electron chi connectivity index (χ3n) is 2.81. The van der Waals surface area contributed by atoms with E-state index in [-0.39, 0.29) is 17.4 Å². The second-order valence-corrected chi connectivity index (χ2v) is 4.38. The summed E-state index contributed by atoms with van der Waals surface area (Å²) in [5.74, 6) is -6.42. The zero-order valence-electron chi connectivity index (χ0n) is 11.1. The molecule has 7 heteroatoms. The van der Waals surface area contributed by atoms with Crippen molar-refractivity contribution in [3.63, 3.8) is 0 Å². The molecule has 0 amide bonds. The van der Waals surface area contributed by atoms with Crippen molar-refractivity contribution in [2.75, 3.05) is 5.32 Å². The number of anilines is 2. The van der Waals surface area contributed by atoms with E-state index >= 15 is 0 Å². The summed E-state index contributed by atoms with van der Waals surface area (Å²) < 4.78 is 53.5. The Morgan fingerprint density at radius 2 is 1.62 bits per heavy atom. The Labute approximate surface area is 117 Å². The Morgan fingerprint density at radius 1 is 1.05 bits per heavy atom. The fourth-order valence-electron chi connectivity index (χ4n) is 1.87. The Kier molecular flexibility index (Phi) is 3.80. The molecule has 0 aliphatic rings. The molecule has 0 fully saturated rings. The van der Waals surface area contributed by atoms with Crippen LogP contribution in [0.15, 0.2) is 12.1 Å². The number of rotatable bonds is 2. The van der Waals surface area contributed by atoms with Crippen LogP contribution in [0.5, 0.6) is 0 Å². The molecule has 1 heterocycles. The molecule has 0 aliphatic heterocycles. The van der Waals surface area contributed by atoms with Crippen LogP contribution < -0.4 is 5.32 Å². The highest BCUT2D eigenvalue weighted by Crippen LogP contribution is 2.29. The number of nitriles is 1. The lowest BCUT2D eigenvalue weighted by Gasteiger charge is -2.12. The molecule has 0 bridgehead atoms. The molecular weight excluding hydrogens is 286 g/mol. The largest absolute Gasteiger partial charge is 0.334 e. The van der Waals surface area contributed by atoms with Gasteiger partial charge in [-0.2, -0.15) is 5.26 Å². The maximum Gasteiger partial charge on any atom is 0.185 e. The van der Waals surface area contributed by atoms with Crippen molar-refractivity contribution >= 4 is 11.5 Å². The van der Waals surface area contributed by atoms with Crippen LogP contribution in [0.25, 0.3) is 0 Å². The van der Waals surface area contributed by atoms with E-state index in [9.17, 15) is 17.6 Å². The number of benzene rings is 1. The average molecular weight is 295 g/mol. The van der Waals surface area contributed by atoms with Crippen LogP contribution in [0, 0.1) is 48.4 Å². The number of hydrogen-bond acceptors (Lipinski definition) is 3. The summed E-state index contributed by atoms with van der Waals surface area (Å²) in [5.41, 5.74) is 0.00227. The number of nitrogens with zero attached hydrogens (tertiary/aromatic N) is 2. The first-order valence-electron chi connectivity index (χ1n) is 5.83. The molecule has 1 aromatic heterocycles. The van der Waals surface area contributed by atoms with E-state index in [1.807, 2.05) is 6.07 Å². The van der Waals surface area contributed by atoms with E-state index in [0.717, 1.165) is 0 Å². The molecule has 0 aliphatic carbocycles. The van der Waals surface area contributed by atoms with Crippen LogP contribution in [0.3, 0.4) is 0 Å². The number of halogens is 4. The highest BCUT2D eigenvalue weighted by molar-refractivity contribution is 5.65. The van der Waals surface area contributed by atoms with E-state index in [4.69, 9.17) is 5.26 Å². The molecular formula is C14H9F4N3. The van der Waals surface area contributed by atoms with E-state index in [1.54, 1.807) is 19.9 Å². The second-order valence-electron chi connectivity index (χ2n) is 4.38. The van der Waals surface area contributed by atoms with Crippen LogP contribution in [-0.2, 0) is 0 Å². The summed E-state index contributed by atoms with van der Waals surface area (Å²) in [5, 5.41) is 11.2. The zero-order chi connectivity index (χ0) is 15.7. The molecule has 0 saturated heterocycles. The van der Waals surface area contributed by atoms with Crippen molar-refractivity contribution in [2.24, 2.45) is 0 Å². The standard InChI is InChI=1S/C14H9F4N3/c1-6-3-7(2)20-14(8(6)5-19)21-13-11(17)9(15)4-10(16)12(13)18/h3-4H,1-2H3,(H,20,21). The summed E-state index contributed by atoms with van der Waals surface area (Å²) in [7, 11) is 0.